The molecular formula is C15H17FN2O4. The Morgan fingerprint density at radius 2 is 1.82 bits per heavy atom. The molecule has 6 nitrogen and oxygen atoms in total. The minimum absolute atomic E-state index is 0.126. The first kappa shape index (κ1) is 15.8. The quantitative estimate of drug-likeness (QED) is 0.939. The van der Waals surface area contributed by atoms with Crippen molar-refractivity contribution in [2.45, 2.75) is 13.8 Å². The number of halogens is 1. The normalized spacial score (nSPS) is 10.6. The lowest BCUT2D eigenvalue weighted by molar-refractivity contribution is 0.0689. The van der Waals surface area contributed by atoms with Crippen LogP contribution in [-0.2, 0) is 7.05 Å². The van der Waals surface area contributed by atoms with Crippen molar-refractivity contribution in [1.82, 2.24) is 9.78 Å². The van der Waals surface area contributed by atoms with E-state index in [1.807, 2.05) is 0 Å². The molecule has 1 aromatic heterocycles. The van der Waals surface area contributed by atoms with Gasteiger partial charge in [-0.1, -0.05) is 0 Å². The summed E-state index contributed by atoms with van der Waals surface area (Å²) >= 11 is 0. The SMILES string of the molecule is COc1c(C)c(F)c(C)c(-c2cc(C(=O)O)nn2C)c1OC. The van der Waals surface area contributed by atoms with Crippen molar-refractivity contribution in [3.8, 4) is 22.8 Å². The number of ether oxygens (including phenoxy) is 2. The molecule has 0 aliphatic heterocycles. The molecule has 7 heteroatoms. The molecule has 0 unspecified atom stereocenters. The van der Waals surface area contributed by atoms with Gasteiger partial charge in [-0.3, -0.25) is 4.68 Å². The van der Waals surface area contributed by atoms with Gasteiger partial charge in [0, 0.05) is 12.6 Å². The van der Waals surface area contributed by atoms with Crippen LogP contribution in [0.2, 0.25) is 0 Å². The average molecular weight is 308 g/mol. The zero-order valence-electron chi connectivity index (χ0n) is 13.0. The molecule has 1 aromatic carbocycles. The third kappa shape index (κ3) is 2.28. The lowest BCUT2D eigenvalue weighted by Gasteiger charge is -2.18. The molecule has 0 radical (unpaired) electrons. The number of aryl methyl sites for hydroxylation is 1. The van der Waals surface area contributed by atoms with Gasteiger partial charge >= 0.3 is 5.97 Å². The van der Waals surface area contributed by atoms with Crippen LogP contribution >= 0.6 is 0 Å². The van der Waals surface area contributed by atoms with Crippen molar-refractivity contribution in [3.05, 3.63) is 28.7 Å². The molecule has 22 heavy (non-hydrogen) atoms. The summed E-state index contributed by atoms with van der Waals surface area (Å²) in [6.45, 7) is 3.20. The van der Waals surface area contributed by atoms with Crippen molar-refractivity contribution in [3.63, 3.8) is 0 Å². The maximum atomic E-state index is 14.5. The topological polar surface area (TPSA) is 73.6 Å². The van der Waals surface area contributed by atoms with Crippen LogP contribution in [0.5, 0.6) is 11.5 Å². The molecule has 0 spiro atoms. The summed E-state index contributed by atoms with van der Waals surface area (Å²) in [5, 5.41) is 13.0. The van der Waals surface area contributed by atoms with Crippen LogP contribution in [0.3, 0.4) is 0 Å². The van der Waals surface area contributed by atoms with Gasteiger partial charge in [0.1, 0.15) is 5.82 Å². The van der Waals surface area contributed by atoms with E-state index in [9.17, 15) is 9.18 Å². The van der Waals surface area contributed by atoms with Crippen molar-refractivity contribution in [1.29, 1.82) is 0 Å². The fraction of sp³-hybridized carbons (Fsp3) is 0.333. The van der Waals surface area contributed by atoms with Gasteiger partial charge in [0.05, 0.1) is 25.5 Å². The summed E-state index contributed by atoms with van der Waals surface area (Å²) in [7, 11) is 4.47. The van der Waals surface area contributed by atoms with Gasteiger partial charge in [-0.2, -0.15) is 5.10 Å². The van der Waals surface area contributed by atoms with Gasteiger partial charge in [0.15, 0.2) is 17.2 Å². The summed E-state index contributed by atoms with van der Waals surface area (Å²) in [4.78, 5) is 11.1. The molecular weight excluding hydrogens is 291 g/mol. The number of carboxylic acids is 1. The zero-order valence-corrected chi connectivity index (χ0v) is 13.0. The maximum absolute atomic E-state index is 14.5. The molecule has 0 saturated carbocycles. The van der Waals surface area contributed by atoms with E-state index in [0.717, 1.165) is 0 Å². The van der Waals surface area contributed by atoms with E-state index < -0.39 is 11.8 Å². The number of rotatable bonds is 4. The number of methoxy groups -OCH3 is 2. The van der Waals surface area contributed by atoms with E-state index in [1.165, 1.54) is 25.0 Å². The van der Waals surface area contributed by atoms with Crippen molar-refractivity contribution in [2.75, 3.05) is 14.2 Å². The van der Waals surface area contributed by atoms with Crippen molar-refractivity contribution in [2.24, 2.45) is 7.05 Å². The van der Waals surface area contributed by atoms with Crippen LogP contribution in [0.1, 0.15) is 21.6 Å². The Balaban J connectivity index is 2.85. The van der Waals surface area contributed by atoms with Crippen LogP contribution in [0.15, 0.2) is 6.07 Å². The summed E-state index contributed by atoms with van der Waals surface area (Å²) in [6, 6.07) is 1.38. The fourth-order valence-corrected chi connectivity index (χ4v) is 2.50. The number of carboxylic acid groups (broad SMARTS) is 1. The third-order valence-corrected chi connectivity index (χ3v) is 3.57. The first-order valence-corrected chi connectivity index (χ1v) is 6.51. The number of hydrogen-bond acceptors (Lipinski definition) is 4. The van der Waals surface area contributed by atoms with Gasteiger partial charge in [-0.05, 0) is 25.5 Å². The highest BCUT2D eigenvalue weighted by Gasteiger charge is 2.25. The van der Waals surface area contributed by atoms with Gasteiger partial charge in [-0.25, -0.2) is 9.18 Å². The number of nitrogens with zero attached hydrogens (tertiary/aromatic N) is 2. The summed E-state index contributed by atoms with van der Waals surface area (Å²) in [5.41, 5.74) is 1.41. The van der Waals surface area contributed by atoms with Gasteiger partial charge in [0.25, 0.3) is 0 Å². The second kappa shape index (κ2) is 5.67. The van der Waals surface area contributed by atoms with Gasteiger partial charge < -0.3 is 14.6 Å². The van der Waals surface area contributed by atoms with Gasteiger partial charge in [0.2, 0.25) is 0 Å². The first-order chi connectivity index (χ1) is 10.3. The Labute approximate surface area is 127 Å². The molecule has 0 fully saturated rings. The Morgan fingerprint density at radius 3 is 2.27 bits per heavy atom. The minimum Gasteiger partial charge on any atom is -0.492 e. The van der Waals surface area contributed by atoms with E-state index >= 15 is 0 Å². The smallest absolute Gasteiger partial charge is 0.356 e. The number of aromatic nitrogens is 2. The van der Waals surface area contributed by atoms with E-state index in [-0.39, 0.29) is 11.4 Å². The molecule has 1 N–H and O–H groups in total. The van der Waals surface area contributed by atoms with E-state index in [2.05, 4.69) is 5.10 Å². The summed E-state index contributed by atoms with van der Waals surface area (Å²) in [6.07, 6.45) is 0. The number of carbonyl (C=O) groups is 1. The molecule has 2 aromatic rings. The van der Waals surface area contributed by atoms with Crippen LogP contribution in [0.25, 0.3) is 11.3 Å². The van der Waals surface area contributed by atoms with Crippen molar-refractivity contribution < 1.29 is 23.8 Å². The van der Waals surface area contributed by atoms with Crippen LogP contribution < -0.4 is 9.47 Å². The highest BCUT2D eigenvalue weighted by Crippen LogP contribution is 2.44. The molecule has 0 aliphatic carbocycles. The summed E-state index contributed by atoms with van der Waals surface area (Å²) in [5.74, 6) is -0.957. The number of aromatic carboxylic acids is 1. The lowest BCUT2D eigenvalue weighted by atomic mass is 9.99. The largest absolute Gasteiger partial charge is 0.492 e. The van der Waals surface area contributed by atoms with Gasteiger partial charge in [-0.15, -0.1) is 0 Å². The maximum Gasteiger partial charge on any atom is 0.356 e. The monoisotopic (exact) mass is 308 g/mol. The molecule has 0 saturated heterocycles. The number of benzene rings is 1. The Hall–Kier alpha value is -2.57. The fourth-order valence-electron chi connectivity index (χ4n) is 2.50. The summed E-state index contributed by atoms with van der Waals surface area (Å²) < 4.78 is 26.5. The predicted molar refractivity (Wildman–Crippen MR) is 78.1 cm³/mol. The Morgan fingerprint density at radius 1 is 1.23 bits per heavy atom. The third-order valence-electron chi connectivity index (χ3n) is 3.57. The molecule has 0 bridgehead atoms. The highest BCUT2D eigenvalue weighted by atomic mass is 19.1. The standard InChI is InChI=1S/C15H17FN2O4/c1-7-11(10-6-9(15(19)20)17-18(10)3)14(22-5)13(21-4)8(2)12(7)16/h6H,1-5H3,(H,19,20). The highest BCUT2D eigenvalue weighted by molar-refractivity contribution is 5.88. The van der Waals surface area contributed by atoms with E-state index in [1.54, 1.807) is 20.9 Å². The second-order valence-corrected chi connectivity index (χ2v) is 4.85. The predicted octanol–water partition coefficient (Wildman–Crippen LogP) is 2.56. The van der Waals surface area contributed by atoms with Crippen LogP contribution in [0, 0.1) is 19.7 Å². The van der Waals surface area contributed by atoms with Crippen LogP contribution in [0.4, 0.5) is 4.39 Å². The minimum atomic E-state index is -1.15. The molecule has 1 heterocycles. The Kier molecular flexibility index (Phi) is 4.07. The molecule has 2 rings (SSSR count). The van der Waals surface area contributed by atoms with E-state index in [0.29, 0.717) is 28.1 Å². The van der Waals surface area contributed by atoms with Crippen LogP contribution in [-0.4, -0.2) is 35.1 Å². The number of hydrogen-bond donors (Lipinski definition) is 1. The molecule has 0 atom stereocenters. The second-order valence-electron chi connectivity index (χ2n) is 4.85. The van der Waals surface area contributed by atoms with E-state index in [4.69, 9.17) is 14.6 Å². The molecule has 0 amide bonds. The average Bonchev–Trinajstić information content (AvgIpc) is 2.86. The van der Waals surface area contributed by atoms with Crippen molar-refractivity contribution >= 4 is 5.97 Å². The molecule has 0 aliphatic rings. The molecule has 118 valence electrons. The first-order valence-electron chi connectivity index (χ1n) is 6.51. The Bertz CT molecular complexity index is 753. The lowest BCUT2D eigenvalue weighted by Crippen LogP contribution is -2.04. The zero-order chi connectivity index (χ0) is 16.6.